The molecule has 0 aliphatic heterocycles. The third-order valence-corrected chi connectivity index (χ3v) is 8.57. The maximum atomic E-state index is 13.7. The number of hydrogen-bond donors (Lipinski definition) is 0. The minimum absolute atomic E-state index is 0.0481. The summed E-state index contributed by atoms with van der Waals surface area (Å²) in [6.45, 7) is 5.08. The van der Waals surface area contributed by atoms with Gasteiger partial charge in [0, 0.05) is 29.9 Å². The second-order valence-electron chi connectivity index (χ2n) is 12.8. The molecule has 2 aromatic carbocycles. The van der Waals surface area contributed by atoms with Crippen LogP contribution in [-0.2, 0) is 9.53 Å². The van der Waals surface area contributed by atoms with Gasteiger partial charge < -0.3 is 9.47 Å². The summed E-state index contributed by atoms with van der Waals surface area (Å²) in [6, 6.07) is 13.6. The summed E-state index contributed by atoms with van der Waals surface area (Å²) in [4.78, 5) is 33.8. The van der Waals surface area contributed by atoms with Gasteiger partial charge in [0.25, 0.3) is 0 Å². The van der Waals surface area contributed by atoms with Gasteiger partial charge in [-0.2, -0.15) is 13.2 Å². The van der Waals surface area contributed by atoms with Crippen LogP contribution < -0.4 is 4.74 Å². The number of carbonyl (C=O) groups is 2. The summed E-state index contributed by atoms with van der Waals surface area (Å²) in [5.74, 6) is -0.476. The van der Waals surface area contributed by atoms with E-state index in [1.54, 1.807) is 24.5 Å². The molecule has 0 amide bonds. The van der Waals surface area contributed by atoms with Crippen molar-refractivity contribution < 1.29 is 32.2 Å². The summed E-state index contributed by atoms with van der Waals surface area (Å²) in [5, 5.41) is 0. The molecular weight excluding hydrogens is 629 g/mol. The molecule has 0 aliphatic carbocycles. The molecule has 3 rings (SSSR count). The van der Waals surface area contributed by atoms with Crippen molar-refractivity contribution in [3.8, 4) is 28.3 Å². The lowest BCUT2D eigenvalue weighted by molar-refractivity contribution is -0.206. The molecule has 1 unspecified atom stereocenters. The van der Waals surface area contributed by atoms with E-state index in [0.29, 0.717) is 24.4 Å². The molecule has 0 N–H and O–H groups in total. The summed E-state index contributed by atoms with van der Waals surface area (Å²) < 4.78 is 51.7. The second kappa shape index (κ2) is 22.1. The number of rotatable bonds is 24. The Labute approximate surface area is 290 Å². The molecule has 49 heavy (non-hydrogen) atoms. The molecule has 0 saturated heterocycles. The fraction of sp³-hybridized carbons (Fsp3) is 0.550. The number of nitrogens with zero attached hydrogens (tertiary/aromatic N) is 2. The average Bonchev–Trinajstić information content (AvgIpc) is 3.10. The lowest BCUT2D eigenvalue weighted by atomic mass is 10.0. The number of aromatic nitrogens is 2. The molecule has 0 aliphatic rings. The van der Waals surface area contributed by atoms with Crippen molar-refractivity contribution >= 4 is 11.8 Å². The molecule has 0 spiro atoms. The predicted octanol–water partition coefficient (Wildman–Crippen LogP) is 11.5. The molecular formula is C40H53F3N2O4. The van der Waals surface area contributed by atoms with Gasteiger partial charge in [-0.05, 0) is 42.7 Å². The highest BCUT2D eigenvalue weighted by atomic mass is 19.4. The number of esters is 1. The standard InChI is InChI=1S/C40H53F3N2O4/c1-3-5-7-9-11-12-13-14-16-18-35(46)28-37(40(41,42)43)49-39(47)33-21-19-32(20-22-33)38-44-29-34(30-45-38)31-23-25-36(26-24-31)48-27-17-15-10-8-6-4-2/h19-26,29-30,37H,3-18,27-28H2,1-2H3. The van der Waals surface area contributed by atoms with Gasteiger partial charge in [0.1, 0.15) is 11.5 Å². The lowest BCUT2D eigenvalue weighted by Crippen LogP contribution is -2.35. The normalized spacial score (nSPS) is 12.1. The maximum Gasteiger partial charge on any atom is 0.425 e. The Morgan fingerprint density at radius 2 is 1.16 bits per heavy atom. The number of carbonyl (C=O) groups excluding carboxylic acids is 2. The van der Waals surface area contributed by atoms with Gasteiger partial charge in [-0.1, -0.05) is 122 Å². The number of ketones is 1. The Kier molecular flexibility index (Phi) is 17.9. The number of halogens is 3. The lowest BCUT2D eigenvalue weighted by Gasteiger charge is -2.20. The Bertz CT molecular complexity index is 1360. The molecule has 0 fully saturated rings. The number of hydrogen-bond acceptors (Lipinski definition) is 6. The predicted molar refractivity (Wildman–Crippen MR) is 189 cm³/mol. The zero-order chi connectivity index (χ0) is 35.3. The molecule has 268 valence electrons. The molecule has 0 saturated carbocycles. The van der Waals surface area contributed by atoms with E-state index in [1.165, 1.54) is 69.9 Å². The summed E-state index contributed by atoms with van der Waals surface area (Å²) in [6.07, 6.45) is 11.9. The third kappa shape index (κ3) is 15.1. The molecule has 9 heteroatoms. The molecule has 1 aromatic heterocycles. The number of Topliss-reactive ketones (excluding diaryl/α,β-unsaturated/α-hetero) is 1. The first-order valence-corrected chi connectivity index (χ1v) is 18.2. The summed E-state index contributed by atoms with van der Waals surface area (Å²) in [7, 11) is 0. The first kappa shape index (κ1) is 39.7. The fourth-order valence-electron chi connectivity index (χ4n) is 5.56. The topological polar surface area (TPSA) is 78.4 Å². The van der Waals surface area contributed by atoms with Gasteiger partial charge >= 0.3 is 12.1 Å². The van der Waals surface area contributed by atoms with Crippen LogP contribution in [0, 0.1) is 0 Å². The Balaban J connectivity index is 1.45. The quantitative estimate of drug-likeness (QED) is 0.0691. The Morgan fingerprint density at radius 3 is 1.71 bits per heavy atom. The van der Waals surface area contributed by atoms with E-state index in [2.05, 4.69) is 23.8 Å². The van der Waals surface area contributed by atoms with Crippen LogP contribution in [0.2, 0.25) is 0 Å². The van der Waals surface area contributed by atoms with Crippen molar-refractivity contribution in [1.29, 1.82) is 0 Å². The summed E-state index contributed by atoms with van der Waals surface area (Å²) in [5.41, 5.74) is 2.28. The van der Waals surface area contributed by atoms with Gasteiger partial charge in [0.2, 0.25) is 6.10 Å². The van der Waals surface area contributed by atoms with Crippen molar-refractivity contribution in [2.75, 3.05) is 6.61 Å². The smallest absolute Gasteiger partial charge is 0.425 e. The summed E-state index contributed by atoms with van der Waals surface area (Å²) >= 11 is 0. The molecule has 6 nitrogen and oxygen atoms in total. The molecule has 1 heterocycles. The van der Waals surface area contributed by atoms with E-state index in [9.17, 15) is 22.8 Å². The first-order chi connectivity index (χ1) is 23.7. The Hall–Kier alpha value is -3.75. The first-order valence-electron chi connectivity index (χ1n) is 18.2. The second-order valence-corrected chi connectivity index (χ2v) is 12.8. The van der Waals surface area contributed by atoms with Gasteiger partial charge in [-0.15, -0.1) is 0 Å². The SMILES string of the molecule is CCCCCCCCCCCC(=O)CC(OC(=O)c1ccc(-c2ncc(-c3ccc(OCCCCCCCC)cc3)cn2)cc1)C(F)(F)F. The number of unbranched alkanes of at least 4 members (excludes halogenated alkanes) is 13. The van der Waals surface area contributed by atoms with Crippen molar-refractivity contribution in [2.45, 2.75) is 135 Å². The zero-order valence-electron chi connectivity index (χ0n) is 29.2. The monoisotopic (exact) mass is 682 g/mol. The Morgan fingerprint density at radius 1 is 0.653 bits per heavy atom. The largest absolute Gasteiger partial charge is 0.494 e. The number of benzene rings is 2. The van der Waals surface area contributed by atoms with Crippen LogP contribution in [0.15, 0.2) is 60.9 Å². The van der Waals surface area contributed by atoms with Gasteiger partial charge in [0.15, 0.2) is 5.82 Å². The van der Waals surface area contributed by atoms with Crippen LogP contribution in [-0.4, -0.2) is 40.6 Å². The van der Waals surface area contributed by atoms with Crippen LogP contribution in [0.4, 0.5) is 13.2 Å². The van der Waals surface area contributed by atoms with Crippen LogP contribution in [0.1, 0.15) is 133 Å². The van der Waals surface area contributed by atoms with E-state index in [1.807, 2.05) is 24.3 Å². The van der Waals surface area contributed by atoms with Crippen molar-refractivity contribution in [2.24, 2.45) is 0 Å². The molecule has 0 bridgehead atoms. The van der Waals surface area contributed by atoms with Crippen molar-refractivity contribution in [3.63, 3.8) is 0 Å². The van der Waals surface area contributed by atoms with Crippen molar-refractivity contribution in [1.82, 2.24) is 9.97 Å². The van der Waals surface area contributed by atoms with E-state index in [4.69, 9.17) is 9.47 Å². The highest BCUT2D eigenvalue weighted by molar-refractivity contribution is 5.90. The fourth-order valence-corrected chi connectivity index (χ4v) is 5.56. The minimum Gasteiger partial charge on any atom is -0.494 e. The van der Waals surface area contributed by atoms with E-state index >= 15 is 0 Å². The van der Waals surface area contributed by atoms with E-state index in [0.717, 1.165) is 49.0 Å². The maximum absolute atomic E-state index is 13.7. The third-order valence-electron chi connectivity index (χ3n) is 8.57. The van der Waals surface area contributed by atoms with E-state index in [-0.39, 0.29) is 12.0 Å². The van der Waals surface area contributed by atoms with Gasteiger partial charge in [-0.25, -0.2) is 14.8 Å². The van der Waals surface area contributed by atoms with Gasteiger partial charge in [-0.3, -0.25) is 4.79 Å². The highest BCUT2D eigenvalue weighted by Crippen LogP contribution is 2.28. The van der Waals surface area contributed by atoms with E-state index < -0.39 is 30.5 Å². The highest BCUT2D eigenvalue weighted by Gasteiger charge is 2.44. The van der Waals surface area contributed by atoms with Crippen LogP contribution in [0.3, 0.4) is 0 Å². The average molecular weight is 683 g/mol. The van der Waals surface area contributed by atoms with Crippen LogP contribution in [0.5, 0.6) is 5.75 Å². The molecule has 3 aromatic rings. The zero-order valence-corrected chi connectivity index (χ0v) is 29.2. The van der Waals surface area contributed by atoms with Crippen molar-refractivity contribution in [3.05, 3.63) is 66.5 Å². The number of alkyl halides is 3. The van der Waals surface area contributed by atoms with Gasteiger partial charge in [0.05, 0.1) is 18.6 Å². The molecule has 0 radical (unpaired) electrons. The van der Waals surface area contributed by atoms with Crippen LogP contribution in [0.25, 0.3) is 22.5 Å². The number of ether oxygens (including phenoxy) is 2. The molecule has 1 atom stereocenters. The van der Waals surface area contributed by atoms with Crippen LogP contribution >= 0.6 is 0 Å². The minimum atomic E-state index is -4.85.